The SMILES string of the molecule is COc1cccc(CN2C(=O)C(=O)/C(=C(\O)c3ccc4c(c3)CC(C)O4)C2c2cccnc2)c1. The summed E-state index contributed by atoms with van der Waals surface area (Å²) >= 11 is 0. The predicted molar refractivity (Wildman–Crippen MR) is 125 cm³/mol. The van der Waals surface area contributed by atoms with Crippen molar-refractivity contribution < 1.29 is 24.2 Å². The van der Waals surface area contributed by atoms with Gasteiger partial charge in [0.05, 0.1) is 18.7 Å². The van der Waals surface area contributed by atoms with E-state index in [9.17, 15) is 14.7 Å². The maximum Gasteiger partial charge on any atom is 0.295 e. The summed E-state index contributed by atoms with van der Waals surface area (Å²) in [4.78, 5) is 32.1. The molecular formula is C27H24N2O5. The van der Waals surface area contributed by atoms with Crippen molar-refractivity contribution in [2.75, 3.05) is 7.11 Å². The molecule has 5 rings (SSSR count). The minimum absolute atomic E-state index is 0.0489. The van der Waals surface area contributed by atoms with Crippen LogP contribution < -0.4 is 9.47 Å². The third-order valence-electron chi connectivity index (χ3n) is 6.20. The van der Waals surface area contributed by atoms with E-state index >= 15 is 0 Å². The molecule has 3 aromatic rings. The molecule has 2 atom stereocenters. The molecule has 0 saturated carbocycles. The van der Waals surface area contributed by atoms with Crippen molar-refractivity contribution in [3.63, 3.8) is 0 Å². The summed E-state index contributed by atoms with van der Waals surface area (Å²) in [5.41, 5.74) is 2.93. The van der Waals surface area contributed by atoms with Gasteiger partial charge in [0.15, 0.2) is 0 Å². The molecule has 1 fully saturated rings. The molecule has 7 heteroatoms. The van der Waals surface area contributed by atoms with Gasteiger partial charge in [-0.15, -0.1) is 0 Å². The number of carbonyl (C=O) groups is 2. The van der Waals surface area contributed by atoms with Crippen LogP contribution in [0.4, 0.5) is 0 Å². The van der Waals surface area contributed by atoms with Gasteiger partial charge in [-0.05, 0) is 60.0 Å². The molecule has 0 bridgehead atoms. The Balaban J connectivity index is 1.60. The molecule has 2 aromatic carbocycles. The van der Waals surface area contributed by atoms with Gasteiger partial charge in [0.1, 0.15) is 23.4 Å². The smallest absolute Gasteiger partial charge is 0.295 e. The van der Waals surface area contributed by atoms with Crippen molar-refractivity contribution in [3.05, 3.63) is 94.8 Å². The summed E-state index contributed by atoms with van der Waals surface area (Å²) in [6.07, 6.45) is 4.00. The highest BCUT2D eigenvalue weighted by atomic mass is 16.5. The van der Waals surface area contributed by atoms with Crippen LogP contribution in [-0.2, 0) is 22.6 Å². The van der Waals surface area contributed by atoms with Gasteiger partial charge in [0, 0.05) is 30.9 Å². The molecule has 2 aliphatic heterocycles. The van der Waals surface area contributed by atoms with Crippen molar-refractivity contribution in [2.45, 2.75) is 32.0 Å². The van der Waals surface area contributed by atoms with E-state index in [4.69, 9.17) is 9.47 Å². The minimum Gasteiger partial charge on any atom is -0.507 e. The second kappa shape index (κ2) is 8.67. The van der Waals surface area contributed by atoms with Crippen LogP contribution >= 0.6 is 0 Å². The van der Waals surface area contributed by atoms with E-state index < -0.39 is 17.7 Å². The second-order valence-corrected chi connectivity index (χ2v) is 8.52. The van der Waals surface area contributed by atoms with Crippen LogP contribution in [0, 0.1) is 0 Å². The van der Waals surface area contributed by atoms with Crippen molar-refractivity contribution in [3.8, 4) is 11.5 Å². The first-order valence-corrected chi connectivity index (χ1v) is 11.1. The Kier molecular flexibility index (Phi) is 5.53. The third-order valence-corrected chi connectivity index (χ3v) is 6.20. The summed E-state index contributed by atoms with van der Waals surface area (Å²) in [5.74, 6) is -0.175. The monoisotopic (exact) mass is 456 g/mol. The number of hydrogen-bond donors (Lipinski definition) is 1. The Morgan fingerprint density at radius 2 is 2.03 bits per heavy atom. The fourth-order valence-corrected chi connectivity index (χ4v) is 4.62. The van der Waals surface area contributed by atoms with Crippen molar-refractivity contribution in [1.82, 2.24) is 9.88 Å². The maximum absolute atomic E-state index is 13.2. The number of methoxy groups -OCH3 is 1. The molecule has 1 amide bonds. The summed E-state index contributed by atoms with van der Waals surface area (Å²) in [6.45, 7) is 2.15. The molecule has 1 saturated heterocycles. The van der Waals surface area contributed by atoms with E-state index in [-0.39, 0.29) is 24.0 Å². The molecule has 2 aliphatic rings. The molecule has 3 heterocycles. The lowest BCUT2D eigenvalue weighted by atomic mass is 9.95. The molecule has 0 radical (unpaired) electrons. The number of carbonyl (C=O) groups excluding carboxylic acids is 2. The lowest BCUT2D eigenvalue weighted by Gasteiger charge is -2.25. The number of ketones is 1. The van der Waals surface area contributed by atoms with Crippen molar-refractivity contribution >= 4 is 17.4 Å². The molecule has 7 nitrogen and oxygen atoms in total. The summed E-state index contributed by atoms with van der Waals surface area (Å²) in [6, 6.07) is 15.4. The van der Waals surface area contributed by atoms with Crippen LogP contribution in [0.5, 0.6) is 11.5 Å². The summed E-state index contributed by atoms with van der Waals surface area (Å²) in [7, 11) is 1.57. The van der Waals surface area contributed by atoms with Crippen LogP contribution in [0.2, 0.25) is 0 Å². The number of aromatic nitrogens is 1. The quantitative estimate of drug-likeness (QED) is 0.354. The summed E-state index contributed by atoms with van der Waals surface area (Å²) < 4.78 is 11.1. The Hall–Kier alpha value is -4.13. The lowest BCUT2D eigenvalue weighted by molar-refractivity contribution is -0.140. The number of rotatable bonds is 5. The first kappa shape index (κ1) is 21.7. The fourth-order valence-electron chi connectivity index (χ4n) is 4.62. The Morgan fingerprint density at radius 1 is 1.18 bits per heavy atom. The zero-order valence-electron chi connectivity index (χ0n) is 18.9. The van der Waals surface area contributed by atoms with Crippen LogP contribution in [-0.4, -0.2) is 39.9 Å². The average Bonchev–Trinajstić information content (AvgIpc) is 3.35. The van der Waals surface area contributed by atoms with Gasteiger partial charge in [-0.1, -0.05) is 18.2 Å². The number of aliphatic hydroxyl groups excluding tert-OH is 1. The van der Waals surface area contributed by atoms with Crippen LogP contribution in [0.15, 0.2) is 72.6 Å². The summed E-state index contributed by atoms with van der Waals surface area (Å²) in [5, 5.41) is 11.3. The first-order valence-electron chi connectivity index (χ1n) is 11.1. The lowest BCUT2D eigenvalue weighted by Crippen LogP contribution is -2.29. The Morgan fingerprint density at radius 3 is 2.79 bits per heavy atom. The van der Waals surface area contributed by atoms with E-state index in [0.29, 0.717) is 23.3 Å². The van der Waals surface area contributed by atoms with Gasteiger partial charge in [0.25, 0.3) is 11.7 Å². The molecule has 1 aromatic heterocycles. The molecule has 34 heavy (non-hydrogen) atoms. The normalized spacial score (nSPS) is 20.8. The van der Waals surface area contributed by atoms with Gasteiger partial charge in [0.2, 0.25) is 0 Å². The number of likely N-dealkylation sites (tertiary alicyclic amines) is 1. The molecule has 1 N–H and O–H groups in total. The largest absolute Gasteiger partial charge is 0.507 e. The zero-order valence-corrected chi connectivity index (χ0v) is 18.9. The Bertz CT molecular complexity index is 1300. The van der Waals surface area contributed by atoms with E-state index in [1.54, 1.807) is 43.8 Å². The maximum atomic E-state index is 13.2. The number of aliphatic hydroxyl groups is 1. The van der Waals surface area contributed by atoms with Crippen LogP contribution in [0.3, 0.4) is 0 Å². The molecule has 0 aliphatic carbocycles. The van der Waals surface area contributed by atoms with Crippen molar-refractivity contribution in [1.29, 1.82) is 0 Å². The standard InChI is InChI=1S/C27H24N2O5/c1-16-11-20-13-18(8-9-22(20)34-16)25(30)23-24(19-6-4-10-28-14-19)29(27(32)26(23)31)15-17-5-3-7-21(12-17)33-2/h3-10,12-14,16,24,30H,11,15H2,1-2H3/b25-23-. The highest BCUT2D eigenvalue weighted by Gasteiger charge is 2.46. The van der Waals surface area contributed by atoms with E-state index in [1.165, 1.54) is 4.90 Å². The van der Waals surface area contributed by atoms with Gasteiger partial charge in [-0.25, -0.2) is 0 Å². The van der Waals surface area contributed by atoms with Gasteiger partial charge < -0.3 is 19.5 Å². The second-order valence-electron chi connectivity index (χ2n) is 8.52. The third kappa shape index (κ3) is 3.79. The van der Waals surface area contributed by atoms with Gasteiger partial charge in [-0.3, -0.25) is 14.6 Å². The number of fused-ring (bicyclic) bond motifs is 1. The topological polar surface area (TPSA) is 89.0 Å². The van der Waals surface area contributed by atoms with E-state index in [1.807, 2.05) is 37.3 Å². The number of ether oxygens (including phenoxy) is 2. The van der Waals surface area contributed by atoms with Gasteiger partial charge in [-0.2, -0.15) is 0 Å². The fraction of sp³-hybridized carbons (Fsp3) is 0.222. The molecule has 172 valence electrons. The highest BCUT2D eigenvalue weighted by molar-refractivity contribution is 6.46. The van der Waals surface area contributed by atoms with Crippen LogP contribution in [0.25, 0.3) is 5.76 Å². The van der Waals surface area contributed by atoms with E-state index in [2.05, 4.69) is 4.98 Å². The zero-order chi connectivity index (χ0) is 23.8. The minimum atomic E-state index is -0.775. The number of hydrogen-bond acceptors (Lipinski definition) is 6. The highest BCUT2D eigenvalue weighted by Crippen LogP contribution is 2.41. The molecule has 2 unspecified atom stereocenters. The molecule has 0 spiro atoms. The number of amides is 1. The predicted octanol–water partition coefficient (Wildman–Crippen LogP) is 4.04. The number of Topliss-reactive ketones (excluding diaryl/α,β-unsaturated/α-hetero) is 1. The first-order chi connectivity index (χ1) is 16.5. The van der Waals surface area contributed by atoms with Crippen molar-refractivity contribution in [2.24, 2.45) is 0 Å². The number of nitrogens with zero attached hydrogens (tertiary/aromatic N) is 2. The van der Waals surface area contributed by atoms with Gasteiger partial charge >= 0.3 is 0 Å². The number of benzene rings is 2. The van der Waals surface area contributed by atoms with Crippen LogP contribution in [0.1, 0.15) is 35.2 Å². The number of pyridine rings is 1. The average molecular weight is 456 g/mol. The van der Waals surface area contributed by atoms with E-state index in [0.717, 1.165) is 16.9 Å². The molecular weight excluding hydrogens is 432 g/mol. The Labute approximate surface area is 197 Å².